The second-order valence-corrected chi connectivity index (χ2v) is 7.04. The highest BCUT2D eigenvalue weighted by atomic mass is 79.9. The van der Waals surface area contributed by atoms with Gasteiger partial charge in [-0.1, -0.05) is 34.1 Å². The number of hydrogen-bond acceptors (Lipinski definition) is 2. The Morgan fingerprint density at radius 3 is 2.71 bits per heavy atom. The lowest BCUT2D eigenvalue weighted by Gasteiger charge is -2.17. The molecule has 5 heteroatoms. The molecule has 1 unspecified atom stereocenters. The maximum Gasteiger partial charge on any atom is 0.229 e. The summed E-state index contributed by atoms with van der Waals surface area (Å²) in [5.74, 6) is -0.458. The third-order valence-corrected chi connectivity index (χ3v) is 4.97. The van der Waals surface area contributed by atoms with Gasteiger partial charge >= 0.3 is 0 Å². The van der Waals surface area contributed by atoms with Gasteiger partial charge in [-0.2, -0.15) is 0 Å². The maximum atomic E-state index is 12.6. The topological polar surface area (TPSA) is 49.4 Å². The fourth-order valence-electron chi connectivity index (χ4n) is 2.90. The third-order valence-electron chi connectivity index (χ3n) is 4.48. The Hall–Kier alpha value is -2.14. The first kappa shape index (κ1) is 16.7. The fourth-order valence-corrected chi connectivity index (χ4v) is 3.29. The van der Waals surface area contributed by atoms with Crippen molar-refractivity contribution in [3.63, 3.8) is 0 Å². The average molecular weight is 387 g/mol. The second-order valence-electron chi connectivity index (χ2n) is 6.12. The Balaban J connectivity index is 1.73. The molecule has 2 aromatic carbocycles. The van der Waals surface area contributed by atoms with Crippen LogP contribution in [-0.2, 0) is 9.59 Å². The van der Waals surface area contributed by atoms with Crippen LogP contribution in [0.4, 0.5) is 11.4 Å². The van der Waals surface area contributed by atoms with E-state index in [0.717, 1.165) is 27.0 Å². The third kappa shape index (κ3) is 3.36. The minimum atomic E-state index is -0.337. The van der Waals surface area contributed by atoms with E-state index in [-0.39, 0.29) is 24.2 Å². The van der Waals surface area contributed by atoms with Crippen LogP contribution in [0.25, 0.3) is 0 Å². The van der Waals surface area contributed by atoms with E-state index in [0.29, 0.717) is 6.54 Å². The van der Waals surface area contributed by atoms with Crippen molar-refractivity contribution < 1.29 is 9.59 Å². The molecule has 1 heterocycles. The van der Waals surface area contributed by atoms with E-state index < -0.39 is 0 Å². The molecule has 1 aliphatic rings. The zero-order valence-electron chi connectivity index (χ0n) is 13.7. The summed E-state index contributed by atoms with van der Waals surface area (Å²) in [5, 5.41) is 2.97. The normalized spacial score (nSPS) is 17.2. The van der Waals surface area contributed by atoms with Crippen LogP contribution in [-0.4, -0.2) is 18.4 Å². The van der Waals surface area contributed by atoms with Gasteiger partial charge in [0, 0.05) is 28.8 Å². The summed E-state index contributed by atoms with van der Waals surface area (Å²) in [6.07, 6.45) is 0.239. The summed E-state index contributed by atoms with van der Waals surface area (Å²) in [4.78, 5) is 26.6. The van der Waals surface area contributed by atoms with Crippen molar-refractivity contribution in [1.29, 1.82) is 0 Å². The standard InChI is InChI=1S/C19H19BrN2O2/c1-12-5-3-8-17(13(12)2)21-19(24)14-9-18(23)22(11-14)16-7-4-6-15(20)10-16/h3-8,10,14H,9,11H2,1-2H3,(H,21,24). The van der Waals surface area contributed by atoms with Gasteiger partial charge in [0.1, 0.15) is 0 Å². The molecular formula is C19H19BrN2O2. The Kier molecular flexibility index (Phi) is 4.71. The zero-order chi connectivity index (χ0) is 17.3. The number of halogens is 1. The quantitative estimate of drug-likeness (QED) is 0.864. The van der Waals surface area contributed by atoms with Gasteiger partial charge in [-0.25, -0.2) is 0 Å². The van der Waals surface area contributed by atoms with E-state index in [4.69, 9.17) is 0 Å². The van der Waals surface area contributed by atoms with Gasteiger partial charge in [0.2, 0.25) is 11.8 Å². The molecule has 24 heavy (non-hydrogen) atoms. The van der Waals surface area contributed by atoms with E-state index in [1.165, 1.54) is 0 Å². The highest BCUT2D eigenvalue weighted by molar-refractivity contribution is 9.10. The van der Waals surface area contributed by atoms with Gasteiger partial charge in [0.05, 0.1) is 5.92 Å². The SMILES string of the molecule is Cc1cccc(NC(=O)C2CC(=O)N(c3cccc(Br)c3)C2)c1C. The summed E-state index contributed by atoms with van der Waals surface area (Å²) in [7, 11) is 0. The van der Waals surface area contributed by atoms with Gasteiger partial charge in [-0.15, -0.1) is 0 Å². The smallest absolute Gasteiger partial charge is 0.229 e. The summed E-state index contributed by atoms with van der Waals surface area (Å²) >= 11 is 3.41. The molecule has 0 aromatic heterocycles. The van der Waals surface area contributed by atoms with Crippen LogP contribution in [0.1, 0.15) is 17.5 Å². The van der Waals surface area contributed by atoms with Crippen molar-refractivity contribution in [2.75, 3.05) is 16.8 Å². The first-order chi connectivity index (χ1) is 11.5. The number of carbonyl (C=O) groups is 2. The molecule has 1 N–H and O–H groups in total. The summed E-state index contributed by atoms with van der Waals surface area (Å²) in [6, 6.07) is 13.4. The minimum Gasteiger partial charge on any atom is -0.326 e. The van der Waals surface area contributed by atoms with Crippen LogP contribution >= 0.6 is 15.9 Å². The number of anilines is 2. The molecule has 3 rings (SSSR count). The number of aryl methyl sites for hydroxylation is 1. The maximum absolute atomic E-state index is 12.6. The zero-order valence-corrected chi connectivity index (χ0v) is 15.3. The molecule has 4 nitrogen and oxygen atoms in total. The van der Waals surface area contributed by atoms with Gasteiger partial charge < -0.3 is 10.2 Å². The van der Waals surface area contributed by atoms with Crippen molar-refractivity contribution in [3.05, 3.63) is 58.1 Å². The molecule has 1 aliphatic heterocycles. The van der Waals surface area contributed by atoms with E-state index in [2.05, 4.69) is 21.2 Å². The van der Waals surface area contributed by atoms with Crippen molar-refractivity contribution in [2.24, 2.45) is 5.92 Å². The molecule has 1 fully saturated rings. The van der Waals surface area contributed by atoms with Crippen LogP contribution in [0.3, 0.4) is 0 Å². The average Bonchev–Trinajstić information content (AvgIpc) is 2.94. The van der Waals surface area contributed by atoms with Crippen LogP contribution in [0, 0.1) is 19.8 Å². The Morgan fingerprint density at radius 1 is 1.21 bits per heavy atom. The lowest BCUT2D eigenvalue weighted by atomic mass is 10.1. The van der Waals surface area contributed by atoms with Gasteiger partial charge in [0.25, 0.3) is 0 Å². The molecule has 0 radical (unpaired) electrons. The second kappa shape index (κ2) is 6.77. The Labute approximate surface area is 150 Å². The number of amides is 2. The van der Waals surface area contributed by atoms with Gasteiger partial charge in [-0.3, -0.25) is 9.59 Å². The van der Waals surface area contributed by atoms with Crippen molar-refractivity contribution in [3.8, 4) is 0 Å². The highest BCUT2D eigenvalue weighted by Gasteiger charge is 2.35. The Morgan fingerprint density at radius 2 is 1.96 bits per heavy atom. The molecule has 1 saturated heterocycles. The minimum absolute atomic E-state index is 0.0192. The number of hydrogen-bond donors (Lipinski definition) is 1. The van der Waals surface area contributed by atoms with E-state index in [9.17, 15) is 9.59 Å². The number of nitrogens with zero attached hydrogens (tertiary/aromatic N) is 1. The molecule has 2 aromatic rings. The summed E-state index contributed by atoms with van der Waals surface area (Å²) in [5.41, 5.74) is 3.81. The predicted molar refractivity (Wildman–Crippen MR) is 99.1 cm³/mol. The van der Waals surface area contributed by atoms with Crippen molar-refractivity contribution in [2.45, 2.75) is 20.3 Å². The number of benzene rings is 2. The predicted octanol–water partition coefficient (Wildman–Crippen LogP) is 4.06. The summed E-state index contributed by atoms with van der Waals surface area (Å²) in [6.45, 7) is 4.41. The van der Waals surface area contributed by atoms with Gasteiger partial charge in [0.15, 0.2) is 0 Å². The molecule has 1 atom stereocenters. The van der Waals surface area contributed by atoms with E-state index in [1.807, 2.05) is 56.3 Å². The van der Waals surface area contributed by atoms with Crippen LogP contribution < -0.4 is 10.2 Å². The van der Waals surface area contributed by atoms with E-state index >= 15 is 0 Å². The number of rotatable bonds is 3. The first-order valence-corrected chi connectivity index (χ1v) is 8.68. The number of carbonyl (C=O) groups excluding carboxylic acids is 2. The van der Waals surface area contributed by atoms with Crippen molar-refractivity contribution >= 4 is 39.1 Å². The van der Waals surface area contributed by atoms with Crippen LogP contribution in [0.15, 0.2) is 46.9 Å². The van der Waals surface area contributed by atoms with Crippen LogP contribution in [0.2, 0.25) is 0 Å². The number of nitrogens with one attached hydrogen (secondary N) is 1. The first-order valence-electron chi connectivity index (χ1n) is 7.88. The molecule has 0 saturated carbocycles. The lowest BCUT2D eigenvalue weighted by Crippen LogP contribution is -2.28. The molecule has 124 valence electrons. The molecule has 2 amide bonds. The molecule has 0 spiro atoms. The van der Waals surface area contributed by atoms with Gasteiger partial charge in [-0.05, 0) is 49.2 Å². The van der Waals surface area contributed by atoms with Crippen molar-refractivity contribution in [1.82, 2.24) is 0 Å². The Bertz CT molecular complexity index is 804. The molecular weight excluding hydrogens is 368 g/mol. The van der Waals surface area contributed by atoms with Crippen LogP contribution in [0.5, 0.6) is 0 Å². The fraction of sp³-hybridized carbons (Fsp3) is 0.263. The lowest BCUT2D eigenvalue weighted by molar-refractivity contribution is -0.122. The highest BCUT2D eigenvalue weighted by Crippen LogP contribution is 2.28. The molecule has 0 bridgehead atoms. The monoisotopic (exact) mass is 386 g/mol. The summed E-state index contributed by atoms with van der Waals surface area (Å²) < 4.78 is 0.913. The van der Waals surface area contributed by atoms with E-state index in [1.54, 1.807) is 4.90 Å². The molecule has 0 aliphatic carbocycles. The largest absolute Gasteiger partial charge is 0.326 e.